The molecule has 3 aromatic carbocycles. The number of aromatic hydroxyl groups is 1. The van der Waals surface area contributed by atoms with Gasteiger partial charge in [0.25, 0.3) is 5.56 Å². The zero-order valence-electron chi connectivity index (χ0n) is 20.0. The molecule has 0 aliphatic rings. The first-order chi connectivity index (χ1) is 17.9. The molecule has 0 unspecified atom stereocenters. The van der Waals surface area contributed by atoms with E-state index in [1.807, 2.05) is 38.1 Å². The van der Waals surface area contributed by atoms with Gasteiger partial charge in [0, 0.05) is 33.0 Å². The van der Waals surface area contributed by atoms with Crippen molar-refractivity contribution in [2.75, 3.05) is 0 Å². The fourth-order valence-corrected chi connectivity index (χ4v) is 4.73. The summed E-state index contributed by atoms with van der Waals surface area (Å²) in [5.41, 5.74) is 4.57. The van der Waals surface area contributed by atoms with Crippen molar-refractivity contribution in [3.05, 3.63) is 111 Å². The van der Waals surface area contributed by atoms with Crippen LogP contribution in [-0.2, 0) is 0 Å². The molecule has 3 heterocycles. The third-order valence-corrected chi connectivity index (χ3v) is 6.58. The Labute approximate surface area is 216 Å². The summed E-state index contributed by atoms with van der Waals surface area (Å²) < 4.78 is 9.37. The zero-order valence-corrected chi connectivity index (χ0v) is 20.8. The third-order valence-electron chi connectivity index (χ3n) is 6.34. The van der Waals surface area contributed by atoms with Crippen LogP contribution in [0, 0.1) is 13.8 Å². The summed E-state index contributed by atoms with van der Waals surface area (Å²) in [5, 5.41) is 16.1. The van der Waals surface area contributed by atoms with Crippen LogP contribution in [0.1, 0.15) is 17.0 Å². The second-order valence-electron chi connectivity index (χ2n) is 8.79. The lowest BCUT2D eigenvalue weighted by atomic mass is 10.2. The zero-order chi connectivity index (χ0) is 25.7. The number of para-hydroxylation sites is 1. The Bertz CT molecular complexity index is 1900. The molecule has 37 heavy (non-hydrogen) atoms. The van der Waals surface area contributed by atoms with Crippen LogP contribution in [0.5, 0.6) is 5.75 Å². The van der Waals surface area contributed by atoms with E-state index in [0.717, 1.165) is 28.0 Å². The average Bonchev–Trinajstić information content (AvgIpc) is 3.43. The van der Waals surface area contributed by atoms with Crippen LogP contribution in [0.25, 0.3) is 39.1 Å². The average molecular weight is 509 g/mol. The number of rotatable bonds is 4. The fraction of sp³-hybridized carbons (Fsp3) is 0.0690. The smallest absolute Gasteiger partial charge is 0.282 e. The van der Waals surface area contributed by atoms with Crippen molar-refractivity contribution in [3.8, 4) is 23.0 Å². The van der Waals surface area contributed by atoms with E-state index in [0.29, 0.717) is 33.1 Å². The molecule has 3 aromatic heterocycles. The van der Waals surface area contributed by atoms with Crippen LogP contribution >= 0.6 is 11.6 Å². The van der Waals surface area contributed by atoms with Crippen molar-refractivity contribution < 1.29 is 9.52 Å². The van der Waals surface area contributed by atoms with Crippen LogP contribution in [0.15, 0.2) is 93.2 Å². The van der Waals surface area contributed by atoms with Crippen LogP contribution in [-0.4, -0.2) is 25.5 Å². The number of aromatic nitrogens is 3. The minimum atomic E-state index is -0.303. The van der Waals surface area contributed by atoms with Crippen LogP contribution in [0.3, 0.4) is 0 Å². The van der Waals surface area contributed by atoms with E-state index < -0.39 is 0 Å². The Kier molecular flexibility index (Phi) is 5.43. The molecule has 0 bridgehead atoms. The molecule has 6 rings (SSSR count). The van der Waals surface area contributed by atoms with Crippen LogP contribution in [0.2, 0.25) is 5.02 Å². The molecule has 1 N–H and O–H groups in total. The van der Waals surface area contributed by atoms with Crippen molar-refractivity contribution in [1.29, 1.82) is 0 Å². The molecule has 0 saturated heterocycles. The quantitative estimate of drug-likeness (QED) is 0.277. The monoisotopic (exact) mass is 508 g/mol. The summed E-state index contributed by atoms with van der Waals surface area (Å²) in [7, 11) is 0. The van der Waals surface area contributed by atoms with Gasteiger partial charge in [-0.05, 0) is 80.6 Å². The molecule has 0 radical (unpaired) electrons. The topological polar surface area (TPSA) is 85.5 Å². The van der Waals surface area contributed by atoms with Gasteiger partial charge in [-0.3, -0.25) is 4.79 Å². The molecule has 8 heteroatoms. The molecule has 0 spiro atoms. The van der Waals surface area contributed by atoms with Crippen molar-refractivity contribution in [1.82, 2.24) is 14.2 Å². The molecule has 7 nitrogen and oxygen atoms in total. The van der Waals surface area contributed by atoms with E-state index in [9.17, 15) is 9.90 Å². The number of hydrogen-bond acceptors (Lipinski definition) is 5. The molecule has 0 atom stereocenters. The summed E-state index contributed by atoms with van der Waals surface area (Å²) in [5.74, 6) is 0.906. The lowest BCUT2D eigenvalue weighted by molar-refractivity contribution is 0.475. The van der Waals surface area contributed by atoms with E-state index in [1.165, 1.54) is 4.68 Å². The first kappa shape index (κ1) is 22.8. The number of furan rings is 1. The first-order valence-corrected chi connectivity index (χ1v) is 12.0. The second-order valence-corrected chi connectivity index (χ2v) is 9.22. The van der Waals surface area contributed by atoms with Crippen LogP contribution < -0.4 is 5.56 Å². The molecule has 0 fully saturated rings. The fourth-order valence-electron chi connectivity index (χ4n) is 4.55. The number of hydrogen-bond donors (Lipinski definition) is 1. The Balaban J connectivity index is 1.51. The molecule has 0 aliphatic carbocycles. The Morgan fingerprint density at radius 2 is 1.78 bits per heavy atom. The maximum absolute atomic E-state index is 13.5. The Morgan fingerprint density at radius 1 is 1.00 bits per heavy atom. The molecule has 0 saturated carbocycles. The van der Waals surface area contributed by atoms with Crippen LogP contribution in [0.4, 0.5) is 0 Å². The highest BCUT2D eigenvalue weighted by atomic mass is 35.5. The molecule has 182 valence electrons. The number of halogens is 1. The van der Waals surface area contributed by atoms with Crippen molar-refractivity contribution in [2.45, 2.75) is 13.8 Å². The summed E-state index contributed by atoms with van der Waals surface area (Å²) >= 11 is 6.16. The number of aryl methyl sites for hydroxylation is 1. The van der Waals surface area contributed by atoms with E-state index in [-0.39, 0.29) is 11.3 Å². The molecular formula is C29H21ClN4O3. The van der Waals surface area contributed by atoms with Gasteiger partial charge in [0.1, 0.15) is 11.3 Å². The maximum Gasteiger partial charge on any atom is 0.282 e. The highest BCUT2D eigenvalue weighted by molar-refractivity contribution is 6.31. The molecule has 6 aromatic rings. The second kappa shape index (κ2) is 8.80. The van der Waals surface area contributed by atoms with E-state index in [1.54, 1.807) is 60.8 Å². The minimum Gasteiger partial charge on any atom is -0.508 e. The van der Waals surface area contributed by atoms with Gasteiger partial charge in [0.2, 0.25) is 5.82 Å². The number of phenolic OH excluding ortho intramolecular Hbond substituents is 1. The third kappa shape index (κ3) is 3.99. The lowest BCUT2D eigenvalue weighted by Gasteiger charge is -2.09. The minimum absolute atomic E-state index is 0.205. The SMILES string of the molecule is Cc1cc(C=Nn2c(-c3cc4cc(Cl)ccc4o3)nc3ccccc3c2=O)c(C)n1-c1ccc(O)cc1. The van der Waals surface area contributed by atoms with E-state index in [4.69, 9.17) is 21.0 Å². The number of benzene rings is 3. The summed E-state index contributed by atoms with van der Waals surface area (Å²) in [6.45, 7) is 3.97. The van der Waals surface area contributed by atoms with Gasteiger partial charge >= 0.3 is 0 Å². The number of fused-ring (bicyclic) bond motifs is 2. The lowest BCUT2D eigenvalue weighted by Crippen LogP contribution is -2.20. The van der Waals surface area contributed by atoms with Gasteiger partial charge in [-0.1, -0.05) is 23.7 Å². The van der Waals surface area contributed by atoms with Gasteiger partial charge in [-0.15, -0.1) is 0 Å². The molecule has 0 amide bonds. The highest BCUT2D eigenvalue weighted by Gasteiger charge is 2.17. The number of nitrogens with zero attached hydrogens (tertiary/aromatic N) is 4. The molecule has 0 aliphatic heterocycles. The van der Waals surface area contributed by atoms with E-state index in [2.05, 4.69) is 9.67 Å². The predicted octanol–water partition coefficient (Wildman–Crippen LogP) is 6.46. The summed E-state index contributed by atoms with van der Waals surface area (Å²) in [4.78, 5) is 18.3. The van der Waals surface area contributed by atoms with Gasteiger partial charge < -0.3 is 14.1 Å². The summed E-state index contributed by atoms with van der Waals surface area (Å²) in [6.07, 6.45) is 1.65. The van der Waals surface area contributed by atoms with Crippen molar-refractivity contribution >= 4 is 39.7 Å². The standard InChI is InChI=1S/C29H21ClN4O3/c1-17-13-20(18(2)33(17)22-8-10-23(35)11-9-22)16-31-34-28(32-25-6-4-3-5-24(25)29(34)36)27-15-19-14-21(30)7-12-26(19)37-27/h3-16,35H,1-2H3. The molecular weight excluding hydrogens is 488 g/mol. The van der Waals surface area contributed by atoms with Gasteiger partial charge in [0.05, 0.1) is 17.1 Å². The van der Waals surface area contributed by atoms with Gasteiger partial charge in [-0.25, -0.2) is 4.98 Å². The highest BCUT2D eigenvalue weighted by Crippen LogP contribution is 2.29. The Morgan fingerprint density at radius 3 is 2.59 bits per heavy atom. The number of phenols is 1. The first-order valence-electron chi connectivity index (χ1n) is 11.6. The summed E-state index contributed by atoms with van der Waals surface area (Å²) in [6, 6.07) is 23.3. The van der Waals surface area contributed by atoms with E-state index >= 15 is 0 Å². The maximum atomic E-state index is 13.5. The van der Waals surface area contributed by atoms with Gasteiger partial charge in [0.15, 0.2) is 5.76 Å². The predicted molar refractivity (Wildman–Crippen MR) is 146 cm³/mol. The normalized spacial score (nSPS) is 11.8. The van der Waals surface area contributed by atoms with Crippen molar-refractivity contribution in [2.24, 2.45) is 5.10 Å². The van der Waals surface area contributed by atoms with Crippen molar-refractivity contribution in [3.63, 3.8) is 0 Å². The van der Waals surface area contributed by atoms with Gasteiger partial charge in [-0.2, -0.15) is 9.78 Å². The largest absolute Gasteiger partial charge is 0.508 e. The Hall–Kier alpha value is -4.62.